The van der Waals surface area contributed by atoms with Crippen molar-refractivity contribution in [3.63, 3.8) is 0 Å². The maximum atomic E-state index is 11.6. The summed E-state index contributed by atoms with van der Waals surface area (Å²) in [7, 11) is 0. The number of aliphatic carboxylic acids is 1. The van der Waals surface area contributed by atoms with Gasteiger partial charge in [-0.05, 0) is 27.7 Å². The first-order valence-electron chi connectivity index (χ1n) is 5.20. The van der Waals surface area contributed by atoms with Gasteiger partial charge in [0.05, 0.1) is 11.1 Å². The van der Waals surface area contributed by atoms with Crippen molar-refractivity contribution in [2.45, 2.75) is 34.1 Å². The van der Waals surface area contributed by atoms with Crippen LogP contribution in [0.5, 0.6) is 0 Å². The van der Waals surface area contributed by atoms with Crippen molar-refractivity contribution in [3.8, 4) is 0 Å². The molecule has 0 bridgehead atoms. The van der Waals surface area contributed by atoms with Crippen LogP contribution in [0.3, 0.4) is 0 Å². The molecule has 0 aromatic carbocycles. The van der Waals surface area contributed by atoms with Gasteiger partial charge in [-0.3, -0.25) is 14.9 Å². The largest absolute Gasteiger partial charge is 0.481 e. The van der Waals surface area contributed by atoms with Crippen molar-refractivity contribution in [1.82, 2.24) is 5.16 Å². The fourth-order valence-electron chi connectivity index (χ4n) is 1.18. The number of anilines is 1. The van der Waals surface area contributed by atoms with Crippen molar-refractivity contribution >= 4 is 17.8 Å². The lowest BCUT2D eigenvalue weighted by Crippen LogP contribution is -2.29. The summed E-state index contributed by atoms with van der Waals surface area (Å²) in [5.41, 5.74) is 0.330. The highest BCUT2D eigenvalue weighted by atomic mass is 16.5. The summed E-state index contributed by atoms with van der Waals surface area (Å²) < 4.78 is 4.91. The Balaban J connectivity index is 2.68. The van der Waals surface area contributed by atoms with Gasteiger partial charge in [0, 0.05) is 12.0 Å². The first-order chi connectivity index (χ1) is 7.74. The molecule has 0 unspecified atom stereocenters. The molecule has 0 fully saturated rings. The van der Waals surface area contributed by atoms with E-state index in [1.807, 2.05) is 0 Å². The zero-order chi connectivity index (χ0) is 13.2. The van der Waals surface area contributed by atoms with Crippen molar-refractivity contribution in [1.29, 1.82) is 0 Å². The van der Waals surface area contributed by atoms with Crippen LogP contribution < -0.4 is 5.32 Å². The summed E-state index contributed by atoms with van der Waals surface area (Å²) in [5.74, 6) is -1.15. The number of nitrogens with one attached hydrogen (secondary N) is 1. The highest BCUT2D eigenvalue weighted by Crippen LogP contribution is 2.23. The lowest BCUT2D eigenvalue weighted by atomic mass is 9.89. The Morgan fingerprint density at radius 1 is 1.41 bits per heavy atom. The quantitative estimate of drug-likeness (QED) is 0.836. The van der Waals surface area contributed by atoms with Crippen LogP contribution in [0.4, 0.5) is 5.88 Å². The summed E-state index contributed by atoms with van der Waals surface area (Å²) in [5, 5.41) is 15.1. The normalized spacial score (nSPS) is 11.3. The summed E-state index contributed by atoms with van der Waals surface area (Å²) in [6.45, 7) is 6.51. The molecule has 0 radical (unpaired) electrons. The second-order valence-corrected chi connectivity index (χ2v) is 4.64. The number of carbonyl (C=O) groups is 2. The zero-order valence-corrected chi connectivity index (χ0v) is 10.3. The molecule has 0 atom stereocenters. The average molecular weight is 240 g/mol. The van der Waals surface area contributed by atoms with Gasteiger partial charge in [-0.25, -0.2) is 0 Å². The SMILES string of the molecule is Cc1noc(NC(=O)CC(C)(C)C(=O)O)c1C. The molecule has 6 nitrogen and oxygen atoms in total. The second-order valence-electron chi connectivity index (χ2n) is 4.64. The summed E-state index contributed by atoms with van der Waals surface area (Å²) in [4.78, 5) is 22.5. The van der Waals surface area contributed by atoms with Crippen LogP contribution in [0.15, 0.2) is 4.52 Å². The molecule has 0 spiro atoms. The predicted molar refractivity (Wildman–Crippen MR) is 60.6 cm³/mol. The van der Waals surface area contributed by atoms with Crippen molar-refractivity contribution < 1.29 is 19.2 Å². The topological polar surface area (TPSA) is 92.4 Å². The third-order valence-electron chi connectivity index (χ3n) is 2.59. The third-order valence-corrected chi connectivity index (χ3v) is 2.59. The van der Waals surface area contributed by atoms with Gasteiger partial charge >= 0.3 is 5.97 Å². The van der Waals surface area contributed by atoms with E-state index in [-0.39, 0.29) is 12.3 Å². The van der Waals surface area contributed by atoms with E-state index in [2.05, 4.69) is 10.5 Å². The van der Waals surface area contributed by atoms with Crippen LogP contribution in [-0.4, -0.2) is 22.1 Å². The van der Waals surface area contributed by atoms with Gasteiger partial charge in [-0.15, -0.1) is 0 Å². The smallest absolute Gasteiger partial charge is 0.309 e. The summed E-state index contributed by atoms with van der Waals surface area (Å²) in [6.07, 6.45) is -0.123. The van der Waals surface area contributed by atoms with E-state index in [4.69, 9.17) is 9.63 Å². The lowest BCUT2D eigenvalue weighted by molar-refractivity contribution is -0.149. The Hall–Kier alpha value is -1.85. The van der Waals surface area contributed by atoms with Gasteiger partial charge in [-0.1, -0.05) is 5.16 Å². The standard InChI is InChI=1S/C11H16N2O4/c1-6-7(2)13-17-9(6)12-8(14)5-11(3,4)10(15)16/h5H2,1-4H3,(H,12,14)(H,15,16). The van der Waals surface area contributed by atoms with E-state index in [1.54, 1.807) is 13.8 Å². The Labute approximate surface area is 99.0 Å². The van der Waals surface area contributed by atoms with Crippen LogP contribution in [-0.2, 0) is 9.59 Å². The number of hydrogen-bond donors (Lipinski definition) is 2. The van der Waals surface area contributed by atoms with E-state index < -0.39 is 17.3 Å². The first-order valence-corrected chi connectivity index (χ1v) is 5.20. The van der Waals surface area contributed by atoms with Gasteiger partial charge in [0.2, 0.25) is 11.8 Å². The highest BCUT2D eigenvalue weighted by molar-refractivity contribution is 5.93. The number of hydrogen-bond acceptors (Lipinski definition) is 4. The second kappa shape index (κ2) is 4.57. The Kier molecular flexibility index (Phi) is 3.55. The van der Waals surface area contributed by atoms with Gasteiger partial charge in [0.1, 0.15) is 0 Å². The molecule has 0 aliphatic carbocycles. The third kappa shape index (κ3) is 3.05. The zero-order valence-electron chi connectivity index (χ0n) is 10.3. The Bertz CT molecular complexity index is 448. The van der Waals surface area contributed by atoms with Crippen LogP contribution in [0, 0.1) is 19.3 Å². The van der Waals surface area contributed by atoms with Crippen molar-refractivity contribution in [3.05, 3.63) is 11.3 Å². The van der Waals surface area contributed by atoms with Gasteiger partial charge < -0.3 is 9.63 Å². The molecule has 0 aliphatic heterocycles. The number of aromatic nitrogens is 1. The van der Waals surface area contributed by atoms with Crippen molar-refractivity contribution in [2.24, 2.45) is 5.41 Å². The van der Waals surface area contributed by atoms with E-state index in [0.29, 0.717) is 5.69 Å². The van der Waals surface area contributed by atoms with Gasteiger partial charge in [0.15, 0.2) is 0 Å². The molecule has 2 N–H and O–H groups in total. The molecule has 1 rings (SSSR count). The van der Waals surface area contributed by atoms with E-state index >= 15 is 0 Å². The fourth-order valence-corrected chi connectivity index (χ4v) is 1.18. The molecule has 1 aromatic heterocycles. The minimum atomic E-state index is -1.10. The minimum absolute atomic E-state index is 0.123. The van der Waals surface area contributed by atoms with Crippen LogP contribution >= 0.6 is 0 Å². The predicted octanol–water partition coefficient (Wildman–Crippen LogP) is 1.73. The molecule has 1 amide bonds. The van der Waals surface area contributed by atoms with Gasteiger partial charge in [-0.2, -0.15) is 0 Å². The maximum absolute atomic E-state index is 11.6. The highest BCUT2D eigenvalue weighted by Gasteiger charge is 2.30. The summed E-state index contributed by atoms with van der Waals surface area (Å²) in [6, 6.07) is 0. The molecule has 1 heterocycles. The first kappa shape index (κ1) is 13.2. The number of nitrogens with zero attached hydrogens (tertiary/aromatic N) is 1. The van der Waals surface area contributed by atoms with Gasteiger partial charge in [0.25, 0.3) is 0 Å². The van der Waals surface area contributed by atoms with Crippen LogP contribution in [0.1, 0.15) is 31.5 Å². The number of amides is 1. The Morgan fingerprint density at radius 2 is 2.00 bits per heavy atom. The molecule has 0 saturated heterocycles. The number of carboxylic acid groups (broad SMARTS) is 1. The molecular weight excluding hydrogens is 224 g/mol. The molecule has 94 valence electrons. The van der Waals surface area contributed by atoms with Crippen LogP contribution in [0.25, 0.3) is 0 Å². The molecule has 0 saturated carbocycles. The number of carboxylic acids is 1. The molecule has 0 aliphatic rings. The minimum Gasteiger partial charge on any atom is -0.481 e. The molecule has 17 heavy (non-hydrogen) atoms. The Morgan fingerprint density at radius 3 is 2.41 bits per heavy atom. The van der Waals surface area contributed by atoms with Crippen LogP contribution in [0.2, 0.25) is 0 Å². The lowest BCUT2D eigenvalue weighted by Gasteiger charge is -2.17. The number of rotatable bonds is 4. The molecule has 1 aromatic rings. The monoisotopic (exact) mass is 240 g/mol. The fraction of sp³-hybridized carbons (Fsp3) is 0.545. The van der Waals surface area contributed by atoms with E-state index in [1.165, 1.54) is 13.8 Å². The molecule has 6 heteroatoms. The van der Waals surface area contributed by atoms with Crippen molar-refractivity contribution in [2.75, 3.05) is 5.32 Å². The molecular formula is C11H16N2O4. The number of carbonyl (C=O) groups excluding carboxylic acids is 1. The average Bonchev–Trinajstić information content (AvgIpc) is 2.48. The number of aryl methyl sites for hydroxylation is 1. The van der Waals surface area contributed by atoms with E-state index in [0.717, 1.165) is 5.56 Å². The van der Waals surface area contributed by atoms with E-state index in [9.17, 15) is 9.59 Å². The maximum Gasteiger partial charge on any atom is 0.309 e. The summed E-state index contributed by atoms with van der Waals surface area (Å²) >= 11 is 0.